The topological polar surface area (TPSA) is 50.8 Å². The molecule has 1 N–H and O–H groups in total. The van der Waals surface area contributed by atoms with E-state index in [1.807, 2.05) is 18.7 Å². The molecule has 0 aromatic heterocycles. The van der Waals surface area contributed by atoms with E-state index >= 15 is 0 Å². The number of rotatable bonds is 3. The summed E-state index contributed by atoms with van der Waals surface area (Å²) >= 11 is 17.9. The van der Waals surface area contributed by atoms with Crippen molar-refractivity contribution in [2.45, 2.75) is 32.5 Å². The molecule has 2 bridgehead atoms. The number of nitrogens with zero attached hydrogens (tertiary/aromatic N) is 1. The number of thiocarbonyl (C=S) groups is 1. The van der Waals surface area contributed by atoms with Crippen molar-refractivity contribution in [2.24, 2.45) is 5.92 Å². The first-order valence-corrected chi connectivity index (χ1v) is 8.92. The summed E-state index contributed by atoms with van der Waals surface area (Å²) < 4.78 is 11.5. The summed E-state index contributed by atoms with van der Waals surface area (Å²) in [5.41, 5.74) is -0.278. The summed E-state index contributed by atoms with van der Waals surface area (Å²) in [5.74, 6) is -0.436. The standard InChI is InChI=1S/C16H18Cl2N2O3S/c1-4-20-15(24)19-12-9-6-8(17)7-10(18)13(9)23-16(20,3)11(12)14(21)22-5-2/h6-7,11-12H,4-5H2,1-3H3,(H,19,24)/t11-,12-,16-/m0/s1. The molecule has 130 valence electrons. The third-order valence-electron chi connectivity index (χ3n) is 4.51. The predicted octanol–water partition coefficient (Wildman–Crippen LogP) is 3.53. The summed E-state index contributed by atoms with van der Waals surface area (Å²) in [5, 5.41) is 4.63. The molecule has 1 aromatic carbocycles. The van der Waals surface area contributed by atoms with E-state index < -0.39 is 17.7 Å². The summed E-state index contributed by atoms with van der Waals surface area (Å²) in [6, 6.07) is 2.96. The van der Waals surface area contributed by atoms with Crippen molar-refractivity contribution in [2.75, 3.05) is 13.2 Å². The first-order valence-electron chi connectivity index (χ1n) is 7.76. The second-order valence-corrected chi connectivity index (χ2v) is 7.09. The molecule has 2 aliphatic heterocycles. The molecule has 0 amide bonds. The number of nitrogens with one attached hydrogen (secondary N) is 1. The molecule has 1 fully saturated rings. The highest BCUT2D eigenvalue weighted by Gasteiger charge is 2.59. The summed E-state index contributed by atoms with van der Waals surface area (Å²) in [7, 11) is 0. The molecule has 2 aliphatic rings. The number of ether oxygens (including phenoxy) is 2. The van der Waals surface area contributed by atoms with Gasteiger partial charge in [0.15, 0.2) is 10.8 Å². The van der Waals surface area contributed by atoms with Crippen LogP contribution in [0.15, 0.2) is 12.1 Å². The summed E-state index contributed by atoms with van der Waals surface area (Å²) in [6.07, 6.45) is 0. The van der Waals surface area contributed by atoms with E-state index in [9.17, 15) is 4.79 Å². The van der Waals surface area contributed by atoms with Crippen LogP contribution in [-0.4, -0.2) is 34.9 Å². The minimum atomic E-state index is -0.988. The monoisotopic (exact) mass is 388 g/mol. The lowest BCUT2D eigenvalue weighted by Crippen LogP contribution is -2.71. The molecule has 3 rings (SSSR count). The number of hydrogen-bond donors (Lipinski definition) is 1. The molecule has 2 heterocycles. The van der Waals surface area contributed by atoms with Gasteiger partial charge in [-0.25, -0.2) is 0 Å². The van der Waals surface area contributed by atoms with Crippen molar-refractivity contribution in [3.05, 3.63) is 27.7 Å². The molecule has 24 heavy (non-hydrogen) atoms. The molecule has 0 saturated carbocycles. The lowest BCUT2D eigenvalue weighted by atomic mass is 9.79. The van der Waals surface area contributed by atoms with Gasteiger partial charge < -0.3 is 19.7 Å². The Labute approximate surface area is 156 Å². The summed E-state index contributed by atoms with van der Waals surface area (Å²) in [4.78, 5) is 14.5. The Morgan fingerprint density at radius 1 is 1.46 bits per heavy atom. The first-order chi connectivity index (χ1) is 11.3. The molecule has 8 heteroatoms. The predicted molar refractivity (Wildman–Crippen MR) is 96.5 cm³/mol. The molecule has 1 aromatic rings. The zero-order valence-electron chi connectivity index (χ0n) is 13.6. The van der Waals surface area contributed by atoms with Crippen LogP contribution >= 0.6 is 35.4 Å². The molecule has 1 saturated heterocycles. The molecule has 0 unspecified atom stereocenters. The fourth-order valence-electron chi connectivity index (χ4n) is 3.52. The van der Waals surface area contributed by atoms with Crippen molar-refractivity contribution in [3.8, 4) is 5.75 Å². The molecule has 0 radical (unpaired) electrons. The Morgan fingerprint density at radius 3 is 2.79 bits per heavy atom. The molecule has 5 nitrogen and oxygen atoms in total. The quantitative estimate of drug-likeness (QED) is 0.631. The van der Waals surface area contributed by atoms with Gasteiger partial charge in [-0.1, -0.05) is 23.2 Å². The number of carbonyl (C=O) groups is 1. The SMILES string of the molecule is CCOC(=O)[C@@H]1[C@H]2NC(=S)N(CC)[C@@]1(C)Oc1c(Cl)cc(Cl)cc12. The minimum Gasteiger partial charge on any atom is -0.466 e. The first kappa shape index (κ1) is 17.6. The molecular weight excluding hydrogens is 371 g/mol. The maximum Gasteiger partial charge on any atom is 0.317 e. The van der Waals surface area contributed by atoms with Crippen LogP contribution < -0.4 is 10.1 Å². The smallest absolute Gasteiger partial charge is 0.317 e. The second-order valence-electron chi connectivity index (χ2n) is 5.86. The highest BCUT2D eigenvalue weighted by atomic mass is 35.5. The molecule has 0 aliphatic carbocycles. The van der Waals surface area contributed by atoms with Gasteiger partial charge in [-0.05, 0) is 45.1 Å². The van der Waals surface area contributed by atoms with Gasteiger partial charge in [0, 0.05) is 17.1 Å². The Bertz CT molecular complexity index is 715. The van der Waals surface area contributed by atoms with Crippen LogP contribution in [-0.2, 0) is 9.53 Å². The highest BCUT2D eigenvalue weighted by Crippen LogP contribution is 2.51. The van der Waals surface area contributed by atoms with E-state index in [4.69, 9.17) is 44.9 Å². The van der Waals surface area contributed by atoms with Crippen molar-refractivity contribution < 1.29 is 14.3 Å². The zero-order valence-corrected chi connectivity index (χ0v) is 15.9. The fourth-order valence-corrected chi connectivity index (χ4v) is 4.50. The lowest BCUT2D eigenvalue weighted by Gasteiger charge is -2.55. The van der Waals surface area contributed by atoms with E-state index in [2.05, 4.69) is 5.32 Å². The maximum absolute atomic E-state index is 12.7. The van der Waals surface area contributed by atoms with Crippen molar-refractivity contribution in [1.82, 2.24) is 10.2 Å². The van der Waals surface area contributed by atoms with E-state index in [-0.39, 0.29) is 12.6 Å². The lowest BCUT2D eigenvalue weighted by molar-refractivity contribution is -0.174. The average molecular weight is 389 g/mol. The third-order valence-corrected chi connectivity index (χ3v) is 5.35. The summed E-state index contributed by atoms with van der Waals surface area (Å²) in [6.45, 7) is 6.43. The van der Waals surface area contributed by atoms with Crippen LogP contribution in [0.25, 0.3) is 0 Å². The average Bonchev–Trinajstić information content (AvgIpc) is 2.48. The van der Waals surface area contributed by atoms with E-state index in [1.54, 1.807) is 19.1 Å². The molecule has 3 atom stereocenters. The van der Waals surface area contributed by atoms with Crippen molar-refractivity contribution in [3.63, 3.8) is 0 Å². The number of halogens is 2. The number of fused-ring (bicyclic) bond motifs is 4. The van der Waals surface area contributed by atoms with Gasteiger partial charge in [-0.2, -0.15) is 0 Å². The van der Waals surface area contributed by atoms with Crippen molar-refractivity contribution in [1.29, 1.82) is 0 Å². The van der Waals surface area contributed by atoms with Gasteiger partial charge in [0.05, 0.1) is 17.7 Å². The highest BCUT2D eigenvalue weighted by molar-refractivity contribution is 7.80. The van der Waals surface area contributed by atoms with E-state index in [0.717, 1.165) is 0 Å². The van der Waals surface area contributed by atoms with Crippen LogP contribution in [0.5, 0.6) is 5.75 Å². The largest absolute Gasteiger partial charge is 0.466 e. The van der Waals surface area contributed by atoms with Crippen LogP contribution in [0.2, 0.25) is 10.0 Å². The number of benzene rings is 1. The Kier molecular flexibility index (Phi) is 4.57. The van der Waals surface area contributed by atoms with E-state index in [1.165, 1.54) is 0 Å². The van der Waals surface area contributed by atoms with Crippen molar-refractivity contribution >= 4 is 46.5 Å². The van der Waals surface area contributed by atoms with Gasteiger partial charge in [0.25, 0.3) is 0 Å². The number of hydrogen-bond acceptors (Lipinski definition) is 4. The Morgan fingerprint density at radius 2 is 2.17 bits per heavy atom. The van der Waals surface area contributed by atoms with Gasteiger partial charge in [0.1, 0.15) is 11.7 Å². The number of carbonyl (C=O) groups excluding carboxylic acids is 1. The third kappa shape index (κ3) is 2.52. The Hall–Kier alpha value is -1.24. The number of esters is 1. The van der Waals surface area contributed by atoms with E-state index in [0.29, 0.717) is 33.0 Å². The Balaban J connectivity index is 2.20. The fraction of sp³-hybridized carbons (Fsp3) is 0.500. The normalized spacial score (nSPS) is 27.9. The van der Waals surface area contributed by atoms with Gasteiger partial charge in [-0.15, -0.1) is 0 Å². The van der Waals surface area contributed by atoms with Gasteiger partial charge in [-0.3, -0.25) is 4.79 Å². The second kappa shape index (κ2) is 6.24. The van der Waals surface area contributed by atoms with Crippen LogP contribution in [0, 0.1) is 5.92 Å². The minimum absolute atomic E-state index is 0.290. The maximum atomic E-state index is 12.7. The van der Waals surface area contributed by atoms with Gasteiger partial charge in [0.2, 0.25) is 0 Å². The van der Waals surface area contributed by atoms with Crippen LogP contribution in [0.1, 0.15) is 32.4 Å². The van der Waals surface area contributed by atoms with Crippen LogP contribution in [0.3, 0.4) is 0 Å². The molecule has 0 spiro atoms. The van der Waals surface area contributed by atoms with Crippen LogP contribution in [0.4, 0.5) is 0 Å². The zero-order chi connectivity index (χ0) is 17.6. The molecular formula is C16H18Cl2N2O3S. The van der Waals surface area contributed by atoms with Gasteiger partial charge >= 0.3 is 5.97 Å².